The standard InChI is InChI=1S/C20H11Cl2F3O3/c21-18-12(4-8-15(27)19(18)22)3-7-14(26)17-10-9-16(28-17)11-1-5-13(6-2-11)20(23,24)25/h1-10,27H. The summed E-state index contributed by atoms with van der Waals surface area (Å²) in [4.78, 5) is 12.3. The molecule has 0 unspecified atom stereocenters. The van der Waals surface area contributed by atoms with Gasteiger partial charge in [0.1, 0.15) is 16.5 Å². The molecule has 0 aliphatic rings. The SMILES string of the molecule is O=C(C=Cc1ccc(O)c(Cl)c1Cl)c1ccc(-c2ccc(C(F)(F)F)cc2)o1. The zero-order valence-electron chi connectivity index (χ0n) is 13.9. The van der Waals surface area contributed by atoms with Gasteiger partial charge in [0.25, 0.3) is 0 Å². The Morgan fingerprint density at radius 3 is 2.29 bits per heavy atom. The number of rotatable bonds is 4. The van der Waals surface area contributed by atoms with E-state index >= 15 is 0 Å². The van der Waals surface area contributed by atoms with E-state index in [2.05, 4.69) is 0 Å². The van der Waals surface area contributed by atoms with Crippen LogP contribution in [-0.2, 0) is 6.18 Å². The predicted octanol–water partition coefficient (Wildman–Crippen LogP) is 6.87. The van der Waals surface area contributed by atoms with Crippen molar-refractivity contribution in [3.8, 4) is 17.1 Å². The molecule has 8 heteroatoms. The zero-order valence-corrected chi connectivity index (χ0v) is 15.4. The van der Waals surface area contributed by atoms with Crippen LogP contribution in [0.15, 0.2) is 59.0 Å². The second kappa shape index (κ2) is 7.73. The maximum atomic E-state index is 12.6. The molecule has 1 aromatic heterocycles. The highest BCUT2D eigenvalue weighted by Crippen LogP contribution is 2.34. The molecular weight excluding hydrogens is 416 g/mol. The fourth-order valence-corrected chi connectivity index (χ4v) is 2.77. The molecule has 0 fully saturated rings. The van der Waals surface area contributed by atoms with Gasteiger partial charge in [-0.3, -0.25) is 4.79 Å². The summed E-state index contributed by atoms with van der Waals surface area (Å²) in [7, 11) is 0. The minimum Gasteiger partial charge on any atom is -0.506 e. The first kappa shape index (κ1) is 20.0. The highest BCUT2D eigenvalue weighted by Gasteiger charge is 2.30. The van der Waals surface area contributed by atoms with E-state index in [0.717, 1.165) is 12.1 Å². The van der Waals surface area contributed by atoms with Crippen LogP contribution in [0.3, 0.4) is 0 Å². The van der Waals surface area contributed by atoms with E-state index in [9.17, 15) is 23.1 Å². The van der Waals surface area contributed by atoms with Crippen molar-refractivity contribution in [3.05, 3.63) is 81.5 Å². The summed E-state index contributed by atoms with van der Waals surface area (Å²) in [6.45, 7) is 0. The molecule has 0 bridgehead atoms. The summed E-state index contributed by atoms with van der Waals surface area (Å²) >= 11 is 11.8. The number of phenolic OH excluding ortho intramolecular Hbond substituents is 1. The van der Waals surface area contributed by atoms with Gasteiger partial charge in [-0.1, -0.05) is 35.3 Å². The van der Waals surface area contributed by atoms with E-state index in [0.29, 0.717) is 11.1 Å². The largest absolute Gasteiger partial charge is 0.506 e. The summed E-state index contributed by atoms with van der Waals surface area (Å²) in [5.74, 6) is -0.385. The molecule has 3 nitrogen and oxygen atoms in total. The number of benzene rings is 2. The van der Waals surface area contributed by atoms with E-state index < -0.39 is 17.5 Å². The molecule has 3 rings (SSSR count). The minimum atomic E-state index is -4.42. The monoisotopic (exact) mass is 426 g/mol. The second-order valence-electron chi connectivity index (χ2n) is 5.74. The molecule has 1 N–H and O–H groups in total. The van der Waals surface area contributed by atoms with Gasteiger partial charge in [-0.15, -0.1) is 0 Å². The van der Waals surface area contributed by atoms with Gasteiger partial charge in [0.05, 0.1) is 10.6 Å². The van der Waals surface area contributed by atoms with Crippen LogP contribution < -0.4 is 0 Å². The van der Waals surface area contributed by atoms with E-state index in [4.69, 9.17) is 27.6 Å². The van der Waals surface area contributed by atoms with Crippen molar-refractivity contribution in [3.63, 3.8) is 0 Å². The molecule has 0 aliphatic carbocycles. The summed E-state index contributed by atoms with van der Waals surface area (Å²) < 4.78 is 43.3. The molecule has 144 valence electrons. The molecule has 1 heterocycles. The molecular formula is C20H11Cl2F3O3. The zero-order chi connectivity index (χ0) is 20.5. The fourth-order valence-electron chi connectivity index (χ4n) is 2.38. The molecule has 28 heavy (non-hydrogen) atoms. The number of hydrogen-bond acceptors (Lipinski definition) is 3. The van der Waals surface area contributed by atoms with E-state index in [-0.39, 0.29) is 27.3 Å². The number of carbonyl (C=O) groups excluding carboxylic acids is 1. The van der Waals surface area contributed by atoms with Crippen LogP contribution in [0, 0.1) is 0 Å². The van der Waals surface area contributed by atoms with Gasteiger partial charge in [0.2, 0.25) is 5.78 Å². The van der Waals surface area contributed by atoms with Crippen LogP contribution >= 0.6 is 23.2 Å². The third-order valence-corrected chi connectivity index (χ3v) is 4.74. The first-order chi connectivity index (χ1) is 13.2. The van der Waals surface area contributed by atoms with Crippen LogP contribution in [0.25, 0.3) is 17.4 Å². The number of carbonyl (C=O) groups is 1. The number of ketones is 1. The maximum absolute atomic E-state index is 12.6. The van der Waals surface area contributed by atoms with Crippen LogP contribution in [-0.4, -0.2) is 10.9 Å². The van der Waals surface area contributed by atoms with Gasteiger partial charge in [-0.2, -0.15) is 13.2 Å². The van der Waals surface area contributed by atoms with Crippen LogP contribution in [0.4, 0.5) is 13.2 Å². The number of alkyl halides is 3. The van der Waals surface area contributed by atoms with E-state index in [1.165, 1.54) is 48.6 Å². The van der Waals surface area contributed by atoms with Crippen LogP contribution in [0.1, 0.15) is 21.7 Å². The fraction of sp³-hybridized carbons (Fsp3) is 0.0500. The van der Waals surface area contributed by atoms with Gasteiger partial charge in [-0.25, -0.2) is 0 Å². The Hall–Kier alpha value is -2.70. The topological polar surface area (TPSA) is 50.4 Å². The van der Waals surface area contributed by atoms with Crippen molar-refractivity contribution in [2.75, 3.05) is 0 Å². The first-order valence-electron chi connectivity index (χ1n) is 7.83. The third kappa shape index (κ3) is 4.24. The summed E-state index contributed by atoms with van der Waals surface area (Å²) in [6, 6.07) is 10.2. The van der Waals surface area contributed by atoms with Crippen molar-refractivity contribution in [2.45, 2.75) is 6.18 Å². The number of aromatic hydroxyl groups is 1. The summed E-state index contributed by atoms with van der Waals surface area (Å²) in [5, 5.41) is 9.53. The van der Waals surface area contributed by atoms with Crippen molar-refractivity contribution in [1.82, 2.24) is 0 Å². The Kier molecular flexibility index (Phi) is 5.54. The van der Waals surface area contributed by atoms with Crippen molar-refractivity contribution >= 4 is 35.1 Å². The maximum Gasteiger partial charge on any atom is 0.416 e. The Morgan fingerprint density at radius 1 is 0.964 bits per heavy atom. The average Bonchev–Trinajstić information content (AvgIpc) is 3.15. The molecule has 0 saturated heterocycles. The number of halogens is 5. The van der Waals surface area contributed by atoms with Gasteiger partial charge in [-0.05, 0) is 54.1 Å². The lowest BCUT2D eigenvalue weighted by Gasteiger charge is -2.06. The van der Waals surface area contributed by atoms with Gasteiger partial charge in [0.15, 0.2) is 5.76 Å². The molecule has 0 spiro atoms. The molecule has 2 aromatic carbocycles. The van der Waals surface area contributed by atoms with Crippen molar-refractivity contribution in [1.29, 1.82) is 0 Å². The summed E-state index contributed by atoms with van der Waals surface area (Å²) in [5.41, 5.74) is 0.0585. The number of allylic oxidation sites excluding steroid dienone is 1. The highest BCUT2D eigenvalue weighted by atomic mass is 35.5. The van der Waals surface area contributed by atoms with Gasteiger partial charge < -0.3 is 9.52 Å². The smallest absolute Gasteiger partial charge is 0.416 e. The average molecular weight is 427 g/mol. The second-order valence-corrected chi connectivity index (χ2v) is 6.49. The van der Waals surface area contributed by atoms with Crippen LogP contribution in [0.2, 0.25) is 10.0 Å². The highest BCUT2D eigenvalue weighted by molar-refractivity contribution is 6.43. The van der Waals surface area contributed by atoms with Crippen molar-refractivity contribution in [2.24, 2.45) is 0 Å². The first-order valence-corrected chi connectivity index (χ1v) is 8.59. The Morgan fingerprint density at radius 2 is 1.64 bits per heavy atom. The lowest BCUT2D eigenvalue weighted by Crippen LogP contribution is -2.03. The Labute approximate surface area is 167 Å². The lowest BCUT2D eigenvalue weighted by atomic mass is 10.1. The molecule has 0 atom stereocenters. The van der Waals surface area contributed by atoms with Gasteiger partial charge >= 0.3 is 6.18 Å². The quantitative estimate of drug-likeness (QED) is 0.365. The molecule has 3 aromatic rings. The molecule has 0 aliphatic heterocycles. The van der Waals surface area contributed by atoms with E-state index in [1.807, 2.05) is 0 Å². The predicted molar refractivity (Wildman–Crippen MR) is 101 cm³/mol. The van der Waals surface area contributed by atoms with Crippen molar-refractivity contribution < 1.29 is 27.5 Å². The Balaban J connectivity index is 1.78. The lowest BCUT2D eigenvalue weighted by molar-refractivity contribution is -0.137. The Bertz CT molecular complexity index is 1050. The van der Waals surface area contributed by atoms with Crippen LogP contribution in [0.5, 0.6) is 5.75 Å². The number of phenols is 1. The third-order valence-electron chi connectivity index (χ3n) is 3.85. The van der Waals surface area contributed by atoms with Gasteiger partial charge in [0, 0.05) is 5.56 Å². The number of hydrogen-bond donors (Lipinski definition) is 1. The summed E-state index contributed by atoms with van der Waals surface area (Å²) in [6.07, 6.45) is -1.80. The molecule has 0 amide bonds. The molecule has 0 saturated carbocycles. The van der Waals surface area contributed by atoms with E-state index in [1.54, 1.807) is 0 Å². The normalized spacial score (nSPS) is 11.9. The minimum absolute atomic E-state index is 0.00662. The molecule has 0 radical (unpaired) electrons. The number of furan rings is 1.